The first kappa shape index (κ1) is 10.6. The lowest BCUT2D eigenvalue weighted by Crippen LogP contribution is -2.29. The minimum atomic E-state index is 0.270. The summed E-state index contributed by atoms with van der Waals surface area (Å²) < 4.78 is 1.97. The van der Waals surface area contributed by atoms with Gasteiger partial charge in [-0.2, -0.15) is 5.10 Å². The lowest BCUT2D eigenvalue weighted by molar-refractivity contribution is 0.322. The number of hydrogen-bond acceptors (Lipinski definition) is 3. The van der Waals surface area contributed by atoms with Gasteiger partial charge in [0.1, 0.15) is 11.3 Å². The monoisotopic (exact) mass is 231 g/mol. The van der Waals surface area contributed by atoms with E-state index in [4.69, 9.17) is 0 Å². The minimum absolute atomic E-state index is 0.270. The molecule has 0 amide bonds. The Morgan fingerprint density at radius 3 is 2.94 bits per heavy atom. The number of aromatic hydroxyl groups is 1. The Kier molecular flexibility index (Phi) is 2.73. The van der Waals surface area contributed by atoms with E-state index in [0.717, 1.165) is 25.0 Å². The number of fused-ring (bicyclic) bond motifs is 1. The van der Waals surface area contributed by atoms with E-state index in [9.17, 15) is 5.11 Å². The maximum atomic E-state index is 9.70. The quantitative estimate of drug-likeness (QED) is 0.827. The molecular weight excluding hydrogens is 214 g/mol. The van der Waals surface area contributed by atoms with Crippen molar-refractivity contribution in [1.29, 1.82) is 0 Å². The maximum Gasteiger partial charge on any atom is 0.143 e. The summed E-state index contributed by atoms with van der Waals surface area (Å²) in [5.74, 6) is 0.972. The molecule has 0 radical (unpaired) electrons. The number of phenolic OH excluding ortho intramolecular Hbond substituents is 1. The smallest absolute Gasteiger partial charge is 0.143 e. The van der Waals surface area contributed by atoms with E-state index in [1.165, 1.54) is 12.8 Å². The zero-order valence-electron chi connectivity index (χ0n) is 9.76. The summed E-state index contributed by atoms with van der Waals surface area (Å²) >= 11 is 0. The molecule has 0 spiro atoms. The minimum Gasteiger partial charge on any atom is -0.506 e. The molecule has 1 saturated heterocycles. The van der Waals surface area contributed by atoms with E-state index in [2.05, 4.69) is 10.4 Å². The first-order chi connectivity index (χ1) is 8.33. The Labute approximate surface area is 100 Å². The van der Waals surface area contributed by atoms with Crippen molar-refractivity contribution in [2.24, 2.45) is 5.92 Å². The van der Waals surface area contributed by atoms with Crippen molar-refractivity contribution in [3.05, 3.63) is 24.4 Å². The van der Waals surface area contributed by atoms with Gasteiger partial charge in [0.15, 0.2) is 0 Å². The molecular formula is C13H17N3O. The third-order valence-electron chi connectivity index (χ3n) is 3.47. The van der Waals surface area contributed by atoms with Gasteiger partial charge in [0, 0.05) is 18.1 Å². The molecule has 0 saturated carbocycles. The number of hydrogen-bond donors (Lipinski definition) is 2. The van der Waals surface area contributed by atoms with Crippen LogP contribution in [0.15, 0.2) is 24.4 Å². The summed E-state index contributed by atoms with van der Waals surface area (Å²) in [5, 5.41) is 18.5. The summed E-state index contributed by atoms with van der Waals surface area (Å²) in [6, 6.07) is 5.53. The number of phenols is 1. The predicted molar refractivity (Wildman–Crippen MR) is 67.0 cm³/mol. The van der Waals surface area contributed by atoms with Crippen molar-refractivity contribution in [3.63, 3.8) is 0 Å². The fourth-order valence-electron chi connectivity index (χ4n) is 2.50. The summed E-state index contributed by atoms with van der Waals surface area (Å²) in [6.45, 7) is 3.17. The molecule has 1 fully saturated rings. The first-order valence-electron chi connectivity index (χ1n) is 6.19. The highest BCUT2D eigenvalue weighted by Crippen LogP contribution is 2.23. The maximum absolute atomic E-state index is 9.70. The molecule has 1 aromatic carbocycles. The van der Waals surface area contributed by atoms with Crippen molar-refractivity contribution in [1.82, 2.24) is 15.1 Å². The zero-order valence-corrected chi connectivity index (χ0v) is 9.76. The van der Waals surface area contributed by atoms with Gasteiger partial charge in [-0.25, -0.2) is 0 Å². The van der Waals surface area contributed by atoms with Crippen LogP contribution in [0.25, 0.3) is 10.9 Å². The van der Waals surface area contributed by atoms with E-state index in [0.29, 0.717) is 11.4 Å². The van der Waals surface area contributed by atoms with Crippen molar-refractivity contribution < 1.29 is 5.11 Å². The Balaban J connectivity index is 1.83. The molecule has 2 heterocycles. The van der Waals surface area contributed by atoms with Crippen LogP contribution in [-0.2, 0) is 6.54 Å². The highest BCUT2D eigenvalue weighted by Gasteiger charge is 2.14. The topological polar surface area (TPSA) is 50.1 Å². The fourth-order valence-corrected chi connectivity index (χ4v) is 2.50. The molecule has 2 aromatic rings. The van der Waals surface area contributed by atoms with Crippen molar-refractivity contribution in [3.8, 4) is 5.75 Å². The molecule has 90 valence electrons. The zero-order chi connectivity index (χ0) is 11.7. The van der Waals surface area contributed by atoms with Gasteiger partial charge in [0.25, 0.3) is 0 Å². The second-order valence-electron chi connectivity index (χ2n) is 4.76. The number of nitrogens with zero attached hydrogens (tertiary/aromatic N) is 2. The van der Waals surface area contributed by atoms with E-state index in [-0.39, 0.29) is 5.75 Å². The number of piperidine rings is 1. The molecule has 1 aliphatic rings. The Morgan fingerprint density at radius 1 is 1.35 bits per heavy atom. The summed E-state index contributed by atoms with van der Waals surface area (Å²) in [4.78, 5) is 0. The second-order valence-corrected chi connectivity index (χ2v) is 4.76. The average molecular weight is 231 g/mol. The van der Waals surface area contributed by atoms with Crippen molar-refractivity contribution in [2.45, 2.75) is 19.4 Å². The van der Waals surface area contributed by atoms with Crippen LogP contribution in [0.1, 0.15) is 12.8 Å². The van der Waals surface area contributed by atoms with E-state index in [1.807, 2.05) is 23.0 Å². The third kappa shape index (κ3) is 2.13. The van der Waals surface area contributed by atoms with Crippen molar-refractivity contribution >= 4 is 10.9 Å². The number of benzene rings is 1. The van der Waals surface area contributed by atoms with Crippen LogP contribution in [0.3, 0.4) is 0 Å². The summed E-state index contributed by atoms with van der Waals surface area (Å²) in [5.41, 5.74) is 0.710. The molecule has 4 nitrogen and oxygen atoms in total. The molecule has 0 atom stereocenters. The standard InChI is InChI=1S/C13H17N3O/c17-12-3-1-2-11-9-16(15-13(11)12)8-10-4-6-14-7-5-10/h1-3,9-10,14,17H,4-8H2. The molecule has 1 aliphatic heterocycles. The van der Waals surface area contributed by atoms with Crippen LogP contribution in [0.4, 0.5) is 0 Å². The first-order valence-corrected chi connectivity index (χ1v) is 6.19. The second kappa shape index (κ2) is 4.37. The Bertz CT molecular complexity index is 514. The summed E-state index contributed by atoms with van der Waals surface area (Å²) in [7, 11) is 0. The third-order valence-corrected chi connectivity index (χ3v) is 3.47. The number of aromatic nitrogens is 2. The molecule has 4 heteroatoms. The Hall–Kier alpha value is -1.55. The molecule has 0 unspecified atom stereocenters. The lowest BCUT2D eigenvalue weighted by atomic mass is 9.98. The predicted octanol–water partition coefficient (Wildman–Crippen LogP) is 1.74. The van der Waals surface area contributed by atoms with E-state index >= 15 is 0 Å². The molecule has 2 N–H and O–H groups in total. The van der Waals surface area contributed by atoms with Gasteiger partial charge in [0.2, 0.25) is 0 Å². The number of rotatable bonds is 2. The largest absolute Gasteiger partial charge is 0.506 e. The van der Waals surface area contributed by atoms with Crippen LogP contribution in [0.2, 0.25) is 0 Å². The molecule has 3 rings (SSSR count). The molecule has 0 bridgehead atoms. The molecule has 0 aliphatic carbocycles. The highest BCUT2D eigenvalue weighted by molar-refractivity contribution is 5.83. The number of nitrogens with one attached hydrogen (secondary N) is 1. The summed E-state index contributed by atoms with van der Waals surface area (Å²) in [6.07, 6.45) is 4.45. The average Bonchev–Trinajstić information content (AvgIpc) is 2.74. The van der Waals surface area contributed by atoms with Gasteiger partial charge in [-0.05, 0) is 37.9 Å². The molecule has 1 aromatic heterocycles. The fraction of sp³-hybridized carbons (Fsp3) is 0.462. The van der Waals surface area contributed by atoms with Gasteiger partial charge in [-0.15, -0.1) is 0 Å². The van der Waals surface area contributed by atoms with E-state index in [1.54, 1.807) is 6.07 Å². The molecule has 17 heavy (non-hydrogen) atoms. The van der Waals surface area contributed by atoms with Gasteiger partial charge >= 0.3 is 0 Å². The van der Waals surface area contributed by atoms with E-state index < -0.39 is 0 Å². The SMILES string of the molecule is Oc1cccc2cn(CC3CCNCC3)nc12. The lowest BCUT2D eigenvalue weighted by Gasteiger charge is -2.22. The van der Waals surface area contributed by atoms with Crippen LogP contribution in [0.5, 0.6) is 5.75 Å². The van der Waals surface area contributed by atoms with Gasteiger partial charge in [-0.3, -0.25) is 4.68 Å². The van der Waals surface area contributed by atoms with Crippen LogP contribution in [0, 0.1) is 5.92 Å². The highest BCUT2D eigenvalue weighted by atomic mass is 16.3. The van der Waals surface area contributed by atoms with Crippen LogP contribution >= 0.6 is 0 Å². The van der Waals surface area contributed by atoms with Gasteiger partial charge in [0.05, 0.1) is 0 Å². The normalized spacial score (nSPS) is 17.6. The van der Waals surface area contributed by atoms with Crippen LogP contribution < -0.4 is 5.32 Å². The van der Waals surface area contributed by atoms with Gasteiger partial charge < -0.3 is 10.4 Å². The van der Waals surface area contributed by atoms with Crippen LogP contribution in [-0.4, -0.2) is 28.0 Å². The van der Waals surface area contributed by atoms with Gasteiger partial charge in [-0.1, -0.05) is 12.1 Å². The Morgan fingerprint density at radius 2 is 2.18 bits per heavy atom. The van der Waals surface area contributed by atoms with Crippen molar-refractivity contribution in [2.75, 3.05) is 13.1 Å².